The predicted molar refractivity (Wildman–Crippen MR) is 55.9 cm³/mol. The summed E-state index contributed by atoms with van der Waals surface area (Å²) in [5, 5.41) is 3.07. The number of aldehydes is 1. The van der Waals surface area contributed by atoms with Crippen molar-refractivity contribution in [2.24, 2.45) is 0 Å². The van der Waals surface area contributed by atoms with Gasteiger partial charge in [0, 0.05) is 12.1 Å². The third-order valence-corrected chi connectivity index (χ3v) is 2.87. The zero-order chi connectivity index (χ0) is 11.5. The molecule has 1 aliphatic rings. The van der Waals surface area contributed by atoms with Gasteiger partial charge >= 0.3 is 0 Å². The third-order valence-electron chi connectivity index (χ3n) is 2.87. The molecule has 2 rings (SSSR count). The molecule has 0 amide bonds. The summed E-state index contributed by atoms with van der Waals surface area (Å²) in [6, 6.07) is 3.14. The smallest absolute Gasteiger partial charge is 0.136 e. The second-order valence-corrected chi connectivity index (χ2v) is 4.10. The van der Waals surface area contributed by atoms with Gasteiger partial charge in [-0.25, -0.2) is 8.78 Å². The van der Waals surface area contributed by atoms with Gasteiger partial charge in [0.05, 0.1) is 6.04 Å². The fourth-order valence-electron chi connectivity index (χ4n) is 2.11. The number of carbonyl (C=O) groups excluding carboxylic acids is 1. The highest BCUT2D eigenvalue weighted by atomic mass is 19.1. The Hall–Kier alpha value is -1.29. The second kappa shape index (κ2) is 4.70. The summed E-state index contributed by atoms with van der Waals surface area (Å²) in [6.07, 6.45) is 3.33. The lowest BCUT2D eigenvalue weighted by Crippen LogP contribution is -2.37. The first kappa shape index (κ1) is 11.2. The Morgan fingerprint density at radius 1 is 1.19 bits per heavy atom. The van der Waals surface area contributed by atoms with E-state index in [2.05, 4.69) is 5.32 Å². The molecule has 1 aromatic carbocycles. The Bertz CT molecular complexity index is 374. The molecule has 86 valence electrons. The maximum absolute atomic E-state index is 13.0. The van der Waals surface area contributed by atoms with Crippen LogP contribution in [0.15, 0.2) is 18.2 Å². The standard InChI is InChI=1S/C12H13F2NO/c13-9-4-8(5-10(14)6-9)12-3-1-2-11(7-16)15-12/h4-7,11-12,15H,1-3H2/t11-,12+/m1/s1. The Kier molecular flexibility index (Phi) is 3.29. The molecule has 0 radical (unpaired) electrons. The van der Waals surface area contributed by atoms with Crippen LogP contribution < -0.4 is 5.32 Å². The highest BCUT2D eigenvalue weighted by molar-refractivity contribution is 5.57. The van der Waals surface area contributed by atoms with Crippen LogP contribution >= 0.6 is 0 Å². The Morgan fingerprint density at radius 2 is 1.88 bits per heavy atom. The van der Waals surface area contributed by atoms with Crippen LogP contribution in [-0.2, 0) is 4.79 Å². The van der Waals surface area contributed by atoms with Gasteiger partial charge in [-0.2, -0.15) is 0 Å². The second-order valence-electron chi connectivity index (χ2n) is 4.10. The molecule has 0 aromatic heterocycles. The number of nitrogens with one attached hydrogen (secondary N) is 1. The van der Waals surface area contributed by atoms with Crippen LogP contribution in [0.25, 0.3) is 0 Å². The first-order valence-corrected chi connectivity index (χ1v) is 5.36. The molecule has 1 saturated heterocycles. The molecular formula is C12H13F2NO. The SMILES string of the molecule is O=C[C@H]1CCC[C@@H](c2cc(F)cc(F)c2)N1. The number of halogens is 2. The van der Waals surface area contributed by atoms with E-state index in [0.29, 0.717) is 5.56 Å². The van der Waals surface area contributed by atoms with E-state index in [0.717, 1.165) is 31.6 Å². The number of piperidine rings is 1. The van der Waals surface area contributed by atoms with Gasteiger partial charge in [-0.15, -0.1) is 0 Å². The highest BCUT2D eigenvalue weighted by Gasteiger charge is 2.22. The summed E-state index contributed by atoms with van der Waals surface area (Å²) >= 11 is 0. The van der Waals surface area contributed by atoms with Gasteiger partial charge in [-0.1, -0.05) is 0 Å². The molecule has 1 fully saturated rings. The first-order chi connectivity index (χ1) is 7.69. The van der Waals surface area contributed by atoms with Crippen molar-refractivity contribution in [1.82, 2.24) is 5.32 Å². The van der Waals surface area contributed by atoms with Crippen LogP contribution in [0.4, 0.5) is 8.78 Å². The zero-order valence-electron chi connectivity index (χ0n) is 8.75. The lowest BCUT2D eigenvalue weighted by Gasteiger charge is -2.28. The molecule has 0 unspecified atom stereocenters. The number of benzene rings is 1. The summed E-state index contributed by atoms with van der Waals surface area (Å²) < 4.78 is 26.0. The molecule has 0 saturated carbocycles. The van der Waals surface area contributed by atoms with E-state index in [4.69, 9.17) is 0 Å². The molecule has 0 bridgehead atoms. The lowest BCUT2D eigenvalue weighted by atomic mass is 9.94. The van der Waals surface area contributed by atoms with Crippen molar-refractivity contribution in [3.05, 3.63) is 35.4 Å². The van der Waals surface area contributed by atoms with E-state index in [1.54, 1.807) is 0 Å². The maximum atomic E-state index is 13.0. The van der Waals surface area contributed by atoms with Crippen LogP contribution in [0.1, 0.15) is 30.9 Å². The molecule has 16 heavy (non-hydrogen) atoms. The summed E-state index contributed by atoms with van der Waals surface area (Å²) in [6.45, 7) is 0. The molecule has 1 heterocycles. The van der Waals surface area contributed by atoms with Crippen LogP contribution in [0.2, 0.25) is 0 Å². The van der Waals surface area contributed by atoms with E-state index in [1.807, 2.05) is 0 Å². The highest BCUT2D eigenvalue weighted by Crippen LogP contribution is 2.26. The third kappa shape index (κ3) is 2.44. The van der Waals surface area contributed by atoms with Crippen molar-refractivity contribution in [2.75, 3.05) is 0 Å². The molecule has 0 aliphatic carbocycles. The summed E-state index contributed by atoms with van der Waals surface area (Å²) in [4.78, 5) is 10.7. The van der Waals surface area contributed by atoms with E-state index < -0.39 is 11.6 Å². The number of rotatable bonds is 2. The largest absolute Gasteiger partial charge is 0.302 e. The van der Waals surface area contributed by atoms with Gasteiger partial charge in [-0.05, 0) is 37.0 Å². The normalized spacial score (nSPS) is 25.4. The molecule has 2 atom stereocenters. The molecule has 4 heteroatoms. The Labute approximate surface area is 92.7 Å². The van der Waals surface area contributed by atoms with Gasteiger partial charge in [0.15, 0.2) is 0 Å². The maximum Gasteiger partial charge on any atom is 0.136 e. The monoisotopic (exact) mass is 225 g/mol. The lowest BCUT2D eigenvalue weighted by molar-refractivity contribution is -0.110. The average Bonchev–Trinajstić information content (AvgIpc) is 2.28. The van der Waals surface area contributed by atoms with Crippen LogP contribution in [0.3, 0.4) is 0 Å². The van der Waals surface area contributed by atoms with Gasteiger partial charge in [0.25, 0.3) is 0 Å². The molecule has 0 spiro atoms. The van der Waals surface area contributed by atoms with E-state index >= 15 is 0 Å². The first-order valence-electron chi connectivity index (χ1n) is 5.36. The zero-order valence-corrected chi connectivity index (χ0v) is 8.75. The predicted octanol–water partition coefficient (Wildman–Crippen LogP) is 2.35. The van der Waals surface area contributed by atoms with E-state index in [9.17, 15) is 13.6 Å². The van der Waals surface area contributed by atoms with Crippen LogP contribution in [-0.4, -0.2) is 12.3 Å². The quantitative estimate of drug-likeness (QED) is 0.783. The van der Waals surface area contributed by atoms with Crippen LogP contribution in [0.5, 0.6) is 0 Å². The number of carbonyl (C=O) groups is 1. The minimum Gasteiger partial charge on any atom is -0.302 e. The Balaban J connectivity index is 2.19. The van der Waals surface area contributed by atoms with E-state index in [1.165, 1.54) is 12.1 Å². The molecule has 1 aromatic rings. The van der Waals surface area contributed by atoms with E-state index in [-0.39, 0.29) is 12.1 Å². The van der Waals surface area contributed by atoms with Gasteiger partial charge < -0.3 is 10.1 Å². The Morgan fingerprint density at radius 3 is 2.50 bits per heavy atom. The summed E-state index contributed by atoms with van der Waals surface area (Å²) in [5.41, 5.74) is 0.573. The molecule has 1 N–H and O–H groups in total. The van der Waals surface area contributed by atoms with Crippen molar-refractivity contribution in [1.29, 1.82) is 0 Å². The topological polar surface area (TPSA) is 29.1 Å². The van der Waals surface area contributed by atoms with Gasteiger partial charge in [-0.3, -0.25) is 0 Å². The van der Waals surface area contributed by atoms with Crippen molar-refractivity contribution in [3.63, 3.8) is 0 Å². The average molecular weight is 225 g/mol. The van der Waals surface area contributed by atoms with Crippen molar-refractivity contribution in [2.45, 2.75) is 31.3 Å². The van der Waals surface area contributed by atoms with Gasteiger partial charge in [0.1, 0.15) is 17.9 Å². The molecular weight excluding hydrogens is 212 g/mol. The van der Waals surface area contributed by atoms with Crippen molar-refractivity contribution >= 4 is 6.29 Å². The number of hydrogen-bond donors (Lipinski definition) is 1. The van der Waals surface area contributed by atoms with Gasteiger partial charge in [0.2, 0.25) is 0 Å². The van der Waals surface area contributed by atoms with Crippen molar-refractivity contribution in [3.8, 4) is 0 Å². The molecule has 1 aliphatic heterocycles. The molecule has 2 nitrogen and oxygen atoms in total. The van der Waals surface area contributed by atoms with Crippen LogP contribution in [0, 0.1) is 11.6 Å². The summed E-state index contributed by atoms with van der Waals surface area (Å²) in [7, 11) is 0. The summed E-state index contributed by atoms with van der Waals surface area (Å²) in [5.74, 6) is -1.16. The minimum atomic E-state index is -0.579. The van der Waals surface area contributed by atoms with Crippen molar-refractivity contribution < 1.29 is 13.6 Å². The fraction of sp³-hybridized carbons (Fsp3) is 0.417. The fourth-order valence-corrected chi connectivity index (χ4v) is 2.11. The minimum absolute atomic E-state index is 0.130. The number of hydrogen-bond acceptors (Lipinski definition) is 2.